The van der Waals surface area contributed by atoms with Gasteiger partial charge in [0.05, 0.1) is 6.10 Å². The Morgan fingerprint density at radius 2 is 2.33 bits per heavy atom. The predicted molar refractivity (Wildman–Crippen MR) is 56.8 cm³/mol. The van der Waals surface area contributed by atoms with Crippen LogP contribution in [0.4, 0.5) is 0 Å². The molecule has 6 heteroatoms. The number of hydrogen-bond donors (Lipinski definition) is 3. The molecule has 0 saturated carbocycles. The Morgan fingerprint density at radius 1 is 1.73 bits per heavy atom. The Hall–Kier alpha value is -0.750. The minimum atomic E-state index is -1.17. The highest BCUT2D eigenvalue weighted by Gasteiger charge is 2.39. The average molecular weight is 233 g/mol. The molecule has 0 bridgehead atoms. The molecule has 2 N–H and O–H groups in total. The van der Waals surface area contributed by atoms with Crippen LogP contribution in [-0.2, 0) is 9.59 Å². The summed E-state index contributed by atoms with van der Waals surface area (Å²) >= 11 is 4.08. The van der Waals surface area contributed by atoms with E-state index >= 15 is 0 Å². The van der Waals surface area contributed by atoms with Crippen molar-refractivity contribution in [3.8, 4) is 0 Å². The second-order valence-electron chi connectivity index (χ2n) is 3.82. The molecule has 3 atom stereocenters. The smallest absolute Gasteiger partial charge is 0.329 e. The van der Waals surface area contributed by atoms with E-state index in [0.29, 0.717) is 18.7 Å². The summed E-state index contributed by atoms with van der Waals surface area (Å²) in [5, 5.41) is 18.2. The van der Waals surface area contributed by atoms with Crippen LogP contribution in [0, 0.1) is 5.92 Å². The van der Waals surface area contributed by atoms with E-state index < -0.39 is 18.1 Å². The van der Waals surface area contributed by atoms with E-state index in [2.05, 4.69) is 12.6 Å². The van der Waals surface area contributed by atoms with Gasteiger partial charge < -0.3 is 15.1 Å². The lowest BCUT2D eigenvalue weighted by atomic mass is 10.1. The lowest BCUT2D eigenvalue weighted by Crippen LogP contribution is -2.48. The first-order valence-corrected chi connectivity index (χ1v) is 5.41. The minimum absolute atomic E-state index is 0.0847. The molecule has 1 amide bonds. The quantitative estimate of drug-likeness (QED) is 0.577. The van der Waals surface area contributed by atoms with Gasteiger partial charge >= 0.3 is 5.97 Å². The van der Waals surface area contributed by atoms with E-state index in [-0.39, 0.29) is 11.8 Å². The van der Waals surface area contributed by atoms with Crippen LogP contribution in [0.5, 0.6) is 0 Å². The van der Waals surface area contributed by atoms with E-state index in [1.54, 1.807) is 0 Å². The zero-order valence-electron chi connectivity index (χ0n) is 8.46. The molecule has 0 radical (unpaired) electrons. The number of aliphatic hydroxyl groups is 1. The monoisotopic (exact) mass is 233 g/mol. The van der Waals surface area contributed by atoms with Crippen molar-refractivity contribution in [1.29, 1.82) is 0 Å². The van der Waals surface area contributed by atoms with E-state index in [4.69, 9.17) is 5.11 Å². The van der Waals surface area contributed by atoms with Gasteiger partial charge in [-0.25, -0.2) is 4.79 Å². The van der Waals surface area contributed by atoms with Gasteiger partial charge in [-0.05, 0) is 18.6 Å². The summed E-state index contributed by atoms with van der Waals surface area (Å²) in [5.41, 5.74) is 0. The molecule has 1 aliphatic heterocycles. The van der Waals surface area contributed by atoms with E-state index in [1.165, 1.54) is 11.8 Å². The number of nitrogens with zero attached hydrogens (tertiary/aromatic N) is 1. The first-order chi connectivity index (χ1) is 6.97. The predicted octanol–water partition coefficient (Wildman–Crippen LogP) is -0.401. The van der Waals surface area contributed by atoms with Gasteiger partial charge in [0, 0.05) is 13.0 Å². The molecule has 1 aliphatic rings. The van der Waals surface area contributed by atoms with E-state index in [1.807, 2.05) is 0 Å². The molecule has 1 unspecified atom stereocenters. The van der Waals surface area contributed by atoms with Crippen LogP contribution in [0.25, 0.3) is 0 Å². The number of aliphatic carboxylic acids is 1. The molecule has 15 heavy (non-hydrogen) atoms. The number of carboxylic acid groups (broad SMARTS) is 1. The Kier molecular flexibility index (Phi) is 3.98. The third kappa shape index (κ3) is 2.63. The Morgan fingerprint density at radius 3 is 2.67 bits per heavy atom. The molecule has 1 heterocycles. The summed E-state index contributed by atoms with van der Waals surface area (Å²) in [5.74, 6) is -0.754. The van der Waals surface area contributed by atoms with Gasteiger partial charge in [0.15, 0.2) is 6.04 Å². The lowest BCUT2D eigenvalue weighted by molar-refractivity contribution is -0.152. The molecule has 0 aromatic carbocycles. The molecule has 86 valence electrons. The van der Waals surface area contributed by atoms with Crippen molar-refractivity contribution in [3.05, 3.63) is 0 Å². The Bertz CT molecular complexity index is 269. The van der Waals surface area contributed by atoms with Crippen LogP contribution in [0.2, 0.25) is 0 Å². The first-order valence-electron chi connectivity index (χ1n) is 4.78. The number of carboxylic acids is 1. The molecular weight excluding hydrogens is 218 g/mol. The third-order valence-corrected chi connectivity index (χ3v) is 3.06. The molecule has 0 aromatic heterocycles. The van der Waals surface area contributed by atoms with Gasteiger partial charge in [-0.15, -0.1) is 0 Å². The second kappa shape index (κ2) is 4.85. The van der Waals surface area contributed by atoms with Crippen LogP contribution in [0.1, 0.15) is 13.3 Å². The van der Waals surface area contributed by atoms with Crippen molar-refractivity contribution in [2.24, 2.45) is 5.92 Å². The summed E-state index contributed by atoms with van der Waals surface area (Å²) < 4.78 is 0. The molecule has 1 saturated heterocycles. The number of amides is 1. The van der Waals surface area contributed by atoms with Crippen molar-refractivity contribution in [1.82, 2.24) is 4.90 Å². The maximum Gasteiger partial charge on any atom is 0.329 e. The summed E-state index contributed by atoms with van der Waals surface area (Å²) in [4.78, 5) is 23.6. The van der Waals surface area contributed by atoms with Crippen molar-refractivity contribution < 1.29 is 19.8 Å². The summed E-state index contributed by atoms with van der Waals surface area (Å²) in [6.45, 7) is 1.74. The summed E-state index contributed by atoms with van der Waals surface area (Å²) in [7, 11) is 0. The van der Waals surface area contributed by atoms with Crippen molar-refractivity contribution in [2.75, 3.05) is 12.3 Å². The fraction of sp³-hybridized carbons (Fsp3) is 0.778. The minimum Gasteiger partial charge on any atom is -0.480 e. The third-order valence-electron chi connectivity index (χ3n) is 2.54. The molecular formula is C9H15NO4S. The van der Waals surface area contributed by atoms with Gasteiger partial charge in [-0.2, -0.15) is 12.6 Å². The van der Waals surface area contributed by atoms with Crippen molar-refractivity contribution in [2.45, 2.75) is 25.5 Å². The summed E-state index contributed by atoms with van der Waals surface area (Å²) in [6, 6.07) is -1.14. The second-order valence-corrected chi connectivity index (χ2v) is 4.19. The largest absolute Gasteiger partial charge is 0.480 e. The van der Waals surface area contributed by atoms with E-state index in [9.17, 15) is 14.7 Å². The number of carbonyl (C=O) groups excluding carboxylic acids is 1. The highest BCUT2D eigenvalue weighted by Crippen LogP contribution is 2.22. The van der Waals surface area contributed by atoms with Crippen LogP contribution < -0.4 is 0 Å². The summed E-state index contributed by atoms with van der Waals surface area (Å²) in [6.07, 6.45) is -0.745. The van der Waals surface area contributed by atoms with Crippen molar-refractivity contribution >= 4 is 24.5 Å². The number of aliphatic hydroxyl groups excluding tert-OH is 1. The SMILES string of the molecule is C[C@H](O)[C@@H](C(=O)O)N1CC(CS)CC1=O. The van der Waals surface area contributed by atoms with Gasteiger partial charge in [0.1, 0.15) is 0 Å². The van der Waals surface area contributed by atoms with Crippen LogP contribution in [-0.4, -0.2) is 51.4 Å². The number of carbonyl (C=O) groups is 2. The highest BCUT2D eigenvalue weighted by molar-refractivity contribution is 7.80. The zero-order chi connectivity index (χ0) is 11.6. The zero-order valence-corrected chi connectivity index (χ0v) is 9.35. The van der Waals surface area contributed by atoms with Gasteiger partial charge in [-0.3, -0.25) is 4.79 Å². The van der Waals surface area contributed by atoms with Gasteiger partial charge in [0.25, 0.3) is 0 Å². The number of rotatable bonds is 4. The topological polar surface area (TPSA) is 77.8 Å². The fourth-order valence-corrected chi connectivity index (χ4v) is 2.04. The first kappa shape index (κ1) is 12.3. The Labute approximate surface area is 93.5 Å². The molecule has 1 rings (SSSR count). The van der Waals surface area contributed by atoms with Crippen LogP contribution in [0.15, 0.2) is 0 Å². The highest BCUT2D eigenvalue weighted by atomic mass is 32.1. The number of thiol groups is 1. The lowest BCUT2D eigenvalue weighted by Gasteiger charge is -2.26. The molecule has 0 spiro atoms. The number of hydrogen-bond acceptors (Lipinski definition) is 4. The van der Waals surface area contributed by atoms with E-state index in [0.717, 1.165) is 0 Å². The Balaban J connectivity index is 2.77. The molecule has 0 aromatic rings. The maximum absolute atomic E-state index is 11.5. The maximum atomic E-state index is 11.5. The average Bonchev–Trinajstić information content (AvgIpc) is 2.46. The van der Waals surface area contributed by atoms with Crippen molar-refractivity contribution in [3.63, 3.8) is 0 Å². The van der Waals surface area contributed by atoms with Crippen LogP contribution in [0.3, 0.4) is 0 Å². The fourth-order valence-electron chi connectivity index (χ4n) is 1.80. The van der Waals surface area contributed by atoms with Gasteiger partial charge in [0.2, 0.25) is 5.91 Å². The molecule has 1 fully saturated rings. The number of likely N-dealkylation sites (tertiary alicyclic amines) is 1. The molecule has 5 nitrogen and oxygen atoms in total. The molecule has 0 aliphatic carbocycles. The normalized spacial score (nSPS) is 25.4. The van der Waals surface area contributed by atoms with Crippen LogP contribution >= 0.6 is 12.6 Å². The standard InChI is InChI=1S/C9H15NO4S/c1-5(11)8(9(13)14)10-3-6(4-15)2-7(10)12/h5-6,8,11,15H,2-4H2,1H3,(H,13,14)/t5-,6?,8-/m0/s1. The van der Waals surface area contributed by atoms with Gasteiger partial charge in [-0.1, -0.05) is 0 Å².